The largest absolute Gasteiger partial charge is 0.490 e. The van der Waals surface area contributed by atoms with Gasteiger partial charge in [-0.2, -0.15) is 39.5 Å². The van der Waals surface area contributed by atoms with Crippen LogP contribution in [0.5, 0.6) is 0 Å². The Morgan fingerprint density at radius 3 is 1.18 bits per heavy atom. The fraction of sp³-hybridized carbons (Fsp3) is 0.750. The average molecular weight is 523 g/mol. The van der Waals surface area contributed by atoms with E-state index in [9.17, 15) is 58.7 Å². The van der Waals surface area contributed by atoms with Crippen molar-refractivity contribution in [2.24, 2.45) is 0 Å². The third kappa shape index (κ3) is 10.8. The monoisotopic (exact) mass is 523 g/mol. The molecule has 0 fully saturated rings. The first-order valence-electron chi connectivity index (χ1n) is 8.78. The molecular formula is C16H18F9NO8. The van der Waals surface area contributed by atoms with Crippen molar-refractivity contribution in [2.45, 2.75) is 56.9 Å². The van der Waals surface area contributed by atoms with Crippen molar-refractivity contribution in [2.75, 3.05) is 19.8 Å². The summed E-state index contributed by atoms with van der Waals surface area (Å²) in [6, 6.07) is 0. The van der Waals surface area contributed by atoms with Gasteiger partial charge in [0, 0.05) is 0 Å². The molecule has 0 unspecified atom stereocenters. The molecule has 0 aliphatic heterocycles. The standard InChI is InChI=1S/C16H18F9NO8/c1-4-12(2,3)34-11(30)26-13(5-31-8(27)14(17,18)19,6-32-9(28)15(20,21)22)7-33-10(29)16(23,24)25/h4-7H2,1-3H3,(H,26,30). The number of alkyl carbamates (subject to hydrolysis) is 1. The van der Waals surface area contributed by atoms with Crippen molar-refractivity contribution >= 4 is 24.0 Å². The summed E-state index contributed by atoms with van der Waals surface area (Å²) >= 11 is 0. The molecule has 0 saturated carbocycles. The number of amides is 1. The second-order valence-electron chi connectivity index (χ2n) is 7.13. The van der Waals surface area contributed by atoms with Crippen LogP contribution in [0.1, 0.15) is 27.2 Å². The molecule has 0 radical (unpaired) electrons. The van der Waals surface area contributed by atoms with Crippen LogP contribution in [0.4, 0.5) is 44.3 Å². The second kappa shape index (κ2) is 11.0. The minimum Gasteiger partial charge on any atom is -0.456 e. The summed E-state index contributed by atoms with van der Waals surface area (Å²) in [4.78, 5) is 45.1. The number of nitrogens with one attached hydrogen (secondary N) is 1. The van der Waals surface area contributed by atoms with Crippen LogP contribution in [0.15, 0.2) is 0 Å². The van der Waals surface area contributed by atoms with Gasteiger partial charge in [-0.05, 0) is 20.3 Å². The van der Waals surface area contributed by atoms with Gasteiger partial charge in [-0.1, -0.05) is 6.92 Å². The Hall–Kier alpha value is -2.95. The maximum Gasteiger partial charge on any atom is 0.490 e. The van der Waals surface area contributed by atoms with Gasteiger partial charge in [-0.3, -0.25) is 0 Å². The molecule has 34 heavy (non-hydrogen) atoms. The minimum absolute atomic E-state index is 0.0998. The molecule has 0 aromatic rings. The number of rotatable bonds is 9. The van der Waals surface area contributed by atoms with Gasteiger partial charge in [0.15, 0.2) is 0 Å². The zero-order valence-electron chi connectivity index (χ0n) is 17.5. The highest BCUT2D eigenvalue weighted by atomic mass is 19.4. The van der Waals surface area contributed by atoms with Crippen LogP contribution in [0.2, 0.25) is 0 Å². The zero-order valence-corrected chi connectivity index (χ0v) is 17.5. The Kier molecular flexibility index (Phi) is 10.0. The SMILES string of the molecule is CCC(C)(C)OC(=O)NC(COC(=O)C(F)(F)F)(COC(=O)C(F)(F)F)COC(=O)C(F)(F)F. The Balaban J connectivity index is 6.11. The number of alkyl halides is 9. The lowest BCUT2D eigenvalue weighted by Gasteiger charge is -2.34. The first-order valence-corrected chi connectivity index (χ1v) is 8.78. The predicted molar refractivity (Wildman–Crippen MR) is 87.8 cm³/mol. The molecule has 1 amide bonds. The van der Waals surface area contributed by atoms with Crippen molar-refractivity contribution in [3.63, 3.8) is 0 Å². The van der Waals surface area contributed by atoms with Crippen LogP contribution in [0.25, 0.3) is 0 Å². The van der Waals surface area contributed by atoms with Gasteiger partial charge < -0.3 is 24.3 Å². The van der Waals surface area contributed by atoms with Gasteiger partial charge in [0.1, 0.15) is 31.0 Å². The van der Waals surface area contributed by atoms with Gasteiger partial charge in [-0.15, -0.1) is 0 Å². The van der Waals surface area contributed by atoms with Gasteiger partial charge in [0.2, 0.25) is 0 Å². The lowest BCUT2D eigenvalue weighted by Crippen LogP contribution is -2.61. The molecule has 0 bridgehead atoms. The number of ether oxygens (including phenoxy) is 4. The highest BCUT2D eigenvalue weighted by Crippen LogP contribution is 2.23. The molecule has 198 valence electrons. The van der Waals surface area contributed by atoms with Crippen LogP contribution in [-0.4, -0.2) is 73.5 Å². The summed E-state index contributed by atoms with van der Waals surface area (Å²) in [7, 11) is 0. The lowest BCUT2D eigenvalue weighted by molar-refractivity contribution is -0.212. The summed E-state index contributed by atoms with van der Waals surface area (Å²) in [6.07, 6.45) is -18.6. The van der Waals surface area contributed by atoms with Crippen LogP contribution in [0.3, 0.4) is 0 Å². The van der Waals surface area contributed by atoms with Gasteiger partial charge in [0.25, 0.3) is 0 Å². The van der Waals surface area contributed by atoms with Crippen molar-refractivity contribution < 1.29 is 77.6 Å². The number of hydrogen-bond acceptors (Lipinski definition) is 8. The van der Waals surface area contributed by atoms with Crippen LogP contribution in [-0.2, 0) is 33.3 Å². The minimum atomic E-state index is -5.68. The summed E-state index contributed by atoms with van der Waals surface area (Å²) in [6.45, 7) is -1.49. The Bertz CT molecular complexity index is 685. The molecule has 0 heterocycles. The van der Waals surface area contributed by atoms with Crippen molar-refractivity contribution in [1.29, 1.82) is 0 Å². The van der Waals surface area contributed by atoms with E-state index in [4.69, 9.17) is 4.74 Å². The quantitative estimate of drug-likeness (QED) is 0.279. The predicted octanol–water partition coefficient (Wildman–Crippen LogP) is 2.96. The molecule has 18 heteroatoms. The van der Waals surface area contributed by atoms with E-state index in [0.717, 1.165) is 0 Å². The third-order valence-electron chi connectivity index (χ3n) is 3.72. The van der Waals surface area contributed by atoms with E-state index in [0.29, 0.717) is 0 Å². The van der Waals surface area contributed by atoms with E-state index in [1.165, 1.54) is 20.8 Å². The van der Waals surface area contributed by atoms with E-state index in [-0.39, 0.29) is 6.42 Å². The normalized spacial score (nSPS) is 13.1. The zero-order chi connectivity index (χ0) is 27.2. The van der Waals surface area contributed by atoms with Gasteiger partial charge in [0.05, 0.1) is 0 Å². The highest BCUT2D eigenvalue weighted by Gasteiger charge is 2.49. The molecule has 0 atom stereocenters. The van der Waals surface area contributed by atoms with E-state index in [1.807, 2.05) is 0 Å². The van der Waals surface area contributed by atoms with E-state index in [2.05, 4.69) is 14.2 Å². The molecule has 0 aromatic carbocycles. The molecule has 0 aliphatic carbocycles. The van der Waals surface area contributed by atoms with Crippen molar-refractivity contribution in [3.05, 3.63) is 0 Å². The third-order valence-corrected chi connectivity index (χ3v) is 3.72. The maximum atomic E-state index is 12.4. The number of hydrogen-bond donors (Lipinski definition) is 1. The Morgan fingerprint density at radius 2 is 0.941 bits per heavy atom. The highest BCUT2D eigenvalue weighted by molar-refractivity contribution is 5.77. The molecule has 1 N–H and O–H groups in total. The number of carbonyl (C=O) groups is 4. The topological polar surface area (TPSA) is 117 Å². The molecule has 9 nitrogen and oxygen atoms in total. The second-order valence-corrected chi connectivity index (χ2v) is 7.13. The molecule has 0 aromatic heterocycles. The van der Waals surface area contributed by atoms with Crippen LogP contribution < -0.4 is 5.32 Å². The van der Waals surface area contributed by atoms with Crippen molar-refractivity contribution in [3.8, 4) is 0 Å². The molecule has 0 aliphatic rings. The molecule has 0 saturated heterocycles. The number of halogens is 9. The van der Waals surface area contributed by atoms with E-state index in [1.54, 1.807) is 5.32 Å². The molecule has 0 rings (SSSR count). The molecular weight excluding hydrogens is 505 g/mol. The van der Waals surface area contributed by atoms with E-state index >= 15 is 0 Å². The van der Waals surface area contributed by atoms with Crippen LogP contribution in [0, 0.1) is 0 Å². The Labute approximate surface area is 184 Å². The summed E-state index contributed by atoms with van der Waals surface area (Å²) in [5.74, 6) is -8.94. The number of carbonyl (C=O) groups excluding carboxylic acids is 4. The maximum absolute atomic E-state index is 12.4. The van der Waals surface area contributed by atoms with Crippen LogP contribution >= 0.6 is 0 Å². The summed E-state index contributed by atoms with van der Waals surface area (Å²) < 4.78 is 128. The fourth-order valence-electron chi connectivity index (χ4n) is 1.65. The molecule has 0 spiro atoms. The lowest BCUT2D eigenvalue weighted by atomic mass is 10.0. The summed E-state index contributed by atoms with van der Waals surface area (Å²) in [5.41, 5.74) is -4.38. The van der Waals surface area contributed by atoms with Crippen molar-refractivity contribution in [1.82, 2.24) is 5.32 Å². The first-order chi connectivity index (χ1) is 15.0. The van der Waals surface area contributed by atoms with Gasteiger partial charge in [-0.25, -0.2) is 19.2 Å². The Morgan fingerprint density at radius 1 is 0.647 bits per heavy atom. The first kappa shape index (κ1) is 31.0. The summed E-state index contributed by atoms with van der Waals surface area (Å²) in [5, 5.41) is 1.55. The average Bonchev–Trinajstić information content (AvgIpc) is 2.65. The smallest absolute Gasteiger partial charge is 0.456 e. The van der Waals surface area contributed by atoms with E-state index < -0.39 is 73.5 Å². The number of esters is 3. The fourth-order valence-corrected chi connectivity index (χ4v) is 1.65. The van der Waals surface area contributed by atoms with Gasteiger partial charge >= 0.3 is 42.5 Å².